The van der Waals surface area contributed by atoms with Gasteiger partial charge in [0.2, 0.25) is 5.91 Å². The molecular weight excluding hydrogens is 366 g/mol. The molecule has 0 saturated carbocycles. The summed E-state index contributed by atoms with van der Waals surface area (Å²) in [5.74, 6) is -1.14. The molecule has 29 heavy (non-hydrogen) atoms. The number of carbonyl (C=O) groups excluding carboxylic acids is 3. The fourth-order valence-corrected chi connectivity index (χ4v) is 4.09. The van der Waals surface area contributed by atoms with E-state index in [-0.39, 0.29) is 18.5 Å². The normalized spacial score (nSPS) is 17.5. The first kappa shape index (κ1) is 19.3. The van der Waals surface area contributed by atoms with Gasteiger partial charge in [-0.25, -0.2) is 0 Å². The van der Waals surface area contributed by atoms with Crippen LogP contribution in [-0.2, 0) is 4.79 Å². The van der Waals surface area contributed by atoms with Crippen molar-refractivity contribution in [2.24, 2.45) is 0 Å². The van der Waals surface area contributed by atoms with Crippen molar-refractivity contribution in [2.75, 3.05) is 26.2 Å². The molecule has 3 amide bonds. The van der Waals surface area contributed by atoms with E-state index >= 15 is 0 Å². The van der Waals surface area contributed by atoms with Gasteiger partial charge in [0.1, 0.15) is 6.54 Å². The second kappa shape index (κ2) is 8.17. The maximum Gasteiger partial charge on any atom is 0.262 e. The van der Waals surface area contributed by atoms with Gasteiger partial charge in [0.25, 0.3) is 11.8 Å². The minimum Gasteiger partial charge on any atom is -0.353 e. The molecule has 6 heteroatoms. The van der Waals surface area contributed by atoms with Gasteiger partial charge in [-0.3, -0.25) is 24.2 Å². The van der Waals surface area contributed by atoms with Gasteiger partial charge in [0, 0.05) is 6.54 Å². The third-order valence-corrected chi connectivity index (χ3v) is 5.72. The van der Waals surface area contributed by atoms with Crippen molar-refractivity contribution in [1.29, 1.82) is 0 Å². The van der Waals surface area contributed by atoms with Crippen molar-refractivity contribution in [2.45, 2.75) is 25.8 Å². The monoisotopic (exact) mass is 391 g/mol. The van der Waals surface area contributed by atoms with E-state index in [0.717, 1.165) is 30.8 Å². The molecular formula is C23H25N3O3. The van der Waals surface area contributed by atoms with E-state index < -0.39 is 11.8 Å². The topological polar surface area (TPSA) is 69.7 Å². The zero-order valence-corrected chi connectivity index (χ0v) is 16.6. The highest BCUT2D eigenvalue weighted by atomic mass is 16.2. The Hall–Kier alpha value is -2.99. The molecule has 0 radical (unpaired) electrons. The molecule has 4 rings (SSSR count). The van der Waals surface area contributed by atoms with Crippen molar-refractivity contribution in [3.05, 3.63) is 70.8 Å². The van der Waals surface area contributed by atoms with E-state index in [1.54, 1.807) is 24.3 Å². The molecule has 1 saturated heterocycles. The number of nitrogens with zero attached hydrogens (tertiary/aromatic N) is 2. The third-order valence-electron chi connectivity index (χ3n) is 5.72. The number of benzene rings is 2. The SMILES string of the molecule is Cc1ccc(C(CNC(=O)CN2C(=O)c3ccccc3C2=O)N2CCCC2)cc1. The van der Waals surface area contributed by atoms with Gasteiger partial charge in [-0.1, -0.05) is 42.0 Å². The molecule has 150 valence electrons. The van der Waals surface area contributed by atoms with Crippen LogP contribution in [0.5, 0.6) is 0 Å². The Balaban J connectivity index is 1.41. The maximum absolute atomic E-state index is 12.6. The van der Waals surface area contributed by atoms with E-state index in [4.69, 9.17) is 0 Å². The minimum atomic E-state index is -0.407. The van der Waals surface area contributed by atoms with Gasteiger partial charge >= 0.3 is 0 Å². The lowest BCUT2D eigenvalue weighted by Crippen LogP contribution is -2.43. The molecule has 1 atom stereocenters. The molecule has 1 N–H and O–H groups in total. The minimum absolute atomic E-state index is 0.0872. The third kappa shape index (κ3) is 3.93. The quantitative estimate of drug-likeness (QED) is 0.769. The predicted molar refractivity (Wildman–Crippen MR) is 110 cm³/mol. The van der Waals surface area contributed by atoms with Crippen molar-refractivity contribution >= 4 is 17.7 Å². The zero-order chi connectivity index (χ0) is 20.4. The predicted octanol–water partition coefficient (Wildman–Crippen LogP) is 2.54. The van der Waals surface area contributed by atoms with Gasteiger partial charge in [-0.15, -0.1) is 0 Å². The molecule has 2 aliphatic rings. The van der Waals surface area contributed by atoms with Crippen LogP contribution in [0.25, 0.3) is 0 Å². The second-order valence-electron chi connectivity index (χ2n) is 7.72. The lowest BCUT2D eigenvalue weighted by molar-refractivity contribution is -0.121. The van der Waals surface area contributed by atoms with Crippen LogP contribution in [0.2, 0.25) is 0 Å². The van der Waals surface area contributed by atoms with Crippen molar-refractivity contribution in [3.63, 3.8) is 0 Å². The number of carbonyl (C=O) groups is 3. The van der Waals surface area contributed by atoms with Crippen LogP contribution in [-0.4, -0.2) is 53.7 Å². The Bertz CT molecular complexity index is 898. The van der Waals surface area contributed by atoms with Crippen LogP contribution in [0.3, 0.4) is 0 Å². The molecule has 1 unspecified atom stereocenters. The Morgan fingerprint density at radius 3 is 2.14 bits per heavy atom. The Labute approximate surface area is 170 Å². The summed E-state index contributed by atoms with van der Waals surface area (Å²) in [5, 5.41) is 2.94. The highest BCUT2D eigenvalue weighted by molar-refractivity contribution is 6.22. The first-order valence-corrected chi connectivity index (χ1v) is 10.1. The molecule has 2 heterocycles. The fraction of sp³-hybridized carbons (Fsp3) is 0.348. The lowest BCUT2D eigenvalue weighted by Gasteiger charge is -2.28. The highest BCUT2D eigenvalue weighted by Gasteiger charge is 2.36. The van der Waals surface area contributed by atoms with E-state index in [9.17, 15) is 14.4 Å². The van der Waals surface area contributed by atoms with Crippen LogP contribution in [0.15, 0.2) is 48.5 Å². The lowest BCUT2D eigenvalue weighted by atomic mass is 10.0. The average Bonchev–Trinajstić information content (AvgIpc) is 3.34. The number of hydrogen-bond donors (Lipinski definition) is 1. The summed E-state index contributed by atoms with van der Waals surface area (Å²) in [4.78, 5) is 40.9. The first-order chi connectivity index (χ1) is 14.0. The molecule has 6 nitrogen and oxygen atoms in total. The number of hydrogen-bond acceptors (Lipinski definition) is 4. The summed E-state index contributed by atoms with van der Waals surface area (Å²) in [6, 6.07) is 15.1. The average molecular weight is 391 g/mol. The second-order valence-corrected chi connectivity index (χ2v) is 7.72. The molecule has 2 aromatic rings. The molecule has 1 fully saturated rings. The number of rotatable bonds is 6. The Morgan fingerprint density at radius 2 is 1.55 bits per heavy atom. The molecule has 2 aliphatic heterocycles. The summed E-state index contributed by atoms with van der Waals surface area (Å²) >= 11 is 0. The number of likely N-dealkylation sites (tertiary alicyclic amines) is 1. The van der Waals surface area contributed by atoms with Crippen LogP contribution >= 0.6 is 0 Å². The first-order valence-electron chi connectivity index (χ1n) is 10.1. The van der Waals surface area contributed by atoms with Crippen LogP contribution in [0.1, 0.15) is 50.7 Å². The van der Waals surface area contributed by atoms with E-state index in [1.165, 1.54) is 11.1 Å². The van der Waals surface area contributed by atoms with Gasteiger partial charge in [0.05, 0.1) is 17.2 Å². The van der Waals surface area contributed by atoms with Crippen molar-refractivity contribution < 1.29 is 14.4 Å². The fourth-order valence-electron chi connectivity index (χ4n) is 4.09. The van der Waals surface area contributed by atoms with Gasteiger partial charge < -0.3 is 5.32 Å². The number of amides is 3. The highest BCUT2D eigenvalue weighted by Crippen LogP contribution is 2.25. The summed E-state index contributed by atoms with van der Waals surface area (Å²) in [6.45, 7) is 4.26. The standard InChI is InChI=1S/C23H25N3O3/c1-16-8-10-17(11-9-16)20(25-12-4-5-13-25)14-24-21(27)15-26-22(28)18-6-2-3-7-19(18)23(26)29/h2-3,6-11,20H,4-5,12-15H2,1H3,(H,24,27). The van der Waals surface area contributed by atoms with Crippen LogP contribution < -0.4 is 5.32 Å². The molecule has 0 spiro atoms. The zero-order valence-electron chi connectivity index (χ0n) is 16.6. The Morgan fingerprint density at radius 1 is 0.966 bits per heavy atom. The molecule has 0 aliphatic carbocycles. The Kier molecular flexibility index (Phi) is 5.45. The maximum atomic E-state index is 12.6. The molecule has 0 bridgehead atoms. The summed E-state index contributed by atoms with van der Waals surface area (Å²) < 4.78 is 0. The smallest absolute Gasteiger partial charge is 0.262 e. The largest absolute Gasteiger partial charge is 0.353 e. The van der Waals surface area contributed by atoms with Gasteiger partial charge in [-0.05, 0) is 50.6 Å². The summed E-state index contributed by atoms with van der Waals surface area (Å²) in [6.07, 6.45) is 2.32. The van der Waals surface area contributed by atoms with Crippen LogP contribution in [0.4, 0.5) is 0 Å². The van der Waals surface area contributed by atoms with E-state index in [2.05, 4.69) is 41.4 Å². The number of imide groups is 1. The van der Waals surface area contributed by atoms with Crippen molar-refractivity contribution in [3.8, 4) is 0 Å². The number of nitrogens with one attached hydrogen (secondary N) is 1. The number of aryl methyl sites for hydroxylation is 1. The summed E-state index contributed by atoms with van der Waals surface area (Å²) in [5.41, 5.74) is 3.09. The van der Waals surface area contributed by atoms with Crippen molar-refractivity contribution in [1.82, 2.24) is 15.1 Å². The summed E-state index contributed by atoms with van der Waals surface area (Å²) in [7, 11) is 0. The van der Waals surface area contributed by atoms with Gasteiger partial charge in [0.15, 0.2) is 0 Å². The molecule has 2 aromatic carbocycles. The van der Waals surface area contributed by atoms with E-state index in [1.807, 2.05) is 0 Å². The van der Waals surface area contributed by atoms with Crippen LogP contribution in [0, 0.1) is 6.92 Å². The van der Waals surface area contributed by atoms with E-state index in [0.29, 0.717) is 17.7 Å². The molecule has 0 aromatic heterocycles. The van der Waals surface area contributed by atoms with Gasteiger partial charge in [-0.2, -0.15) is 0 Å². The number of fused-ring (bicyclic) bond motifs is 1.